The Morgan fingerprint density at radius 3 is 2.53 bits per heavy atom. The highest BCUT2D eigenvalue weighted by atomic mass is 35.5. The number of rotatable bonds is 6. The zero-order valence-corrected chi connectivity index (χ0v) is 20.4. The van der Waals surface area contributed by atoms with Crippen LogP contribution in [0, 0.1) is 11.3 Å². The van der Waals surface area contributed by atoms with Crippen LogP contribution < -0.4 is 5.32 Å². The van der Waals surface area contributed by atoms with Gasteiger partial charge in [-0.25, -0.2) is 0 Å². The Morgan fingerprint density at radius 1 is 1.12 bits per heavy atom. The van der Waals surface area contributed by atoms with E-state index in [4.69, 9.17) is 16.3 Å². The number of fused-ring (bicyclic) bond motifs is 3. The molecule has 8 heteroatoms. The van der Waals surface area contributed by atoms with Gasteiger partial charge in [0.1, 0.15) is 6.54 Å². The maximum Gasteiger partial charge on any atom is 0.316 e. The van der Waals surface area contributed by atoms with E-state index < -0.39 is 5.41 Å². The predicted octanol–water partition coefficient (Wildman–Crippen LogP) is 4.45. The summed E-state index contributed by atoms with van der Waals surface area (Å²) in [4.78, 5) is 26.6. The third kappa shape index (κ3) is 4.78. The van der Waals surface area contributed by atoms with Crippen LogP contribution in [-0.2, 0) is 14.3 Å². The van der Waals surface area contributed by atoms with Gasteiger partial charge in [-0.05, 0) is 37.0 Å². The summed E-state index contributed by atoms with van der Waals surface area (Å²) in [5.41, 5.74) is 0.759. The second-order valence-electron chi connectivity index (χ2n) is 10.5. The van der Waals surface area contributed by atoms with Crippen molar-refractivity contribution in [1.82, 2.24) is 10.2 Å². The predicted molar refractivity (Wildman–Crippen MR) is 130 cm³/mol. The summed E-state index contributed by atoms with van der Waals surface area (Å²) in [6, 6.07) is 3.26. The van der Waals surface area contributed by atoms with E-state index in [9.17, 15) is 9.59 Å². The number of allylic oxidation sites excluding steroid dienone is 3. The number of hydrogen-bond acceptors (Lipinski definition) is 5. The number of nitrogens with one attached hydrogen (secondary N) is 1. The molecule has 6 rings (SSSR count). The van der Waals surface area contributed by atoms with Crippen LogP contribution in [0.2, 0.25) is 5.15 Å². The van der Waals surface area contributed by atoms with E-state index in [1.165, 1.54) is 18.4 Å². The number of amides is 1. The summed E-state index contributed by atoms with van der Waals surface area (Å²) < 4.78 is 7.05. The molecule has 1 N–H and O–H groups in total. The molecular weight excluding hydrogens is 452 g/mol. The van der Waals surface area contributed by atoms with E-state index in [1.807, 2.05) is 0 Å². The lowest BCUT2D eigenvalue weighted by molar-refractivity contribution is -0.939. The van der Waals surface area contributed by atoms with Crippen LogP contribution in [0.5, 0.6) is 0 Å². The van der Waals surface area contributed by atoms with E-state index in [0.717, 1.165) is 58.0 Å². The van der Waals surface area contributed by atoms with Gasteiger partial charge in [-0.2, -0.15) is 0 Å². The molecule has 1 amide bonds. The van der Waals surface area contributed by atoms with Gasteiger partial charge < -0.3 is 14.5 Å². The van der Waals surface area contributed by atoms with Gasteiger partial charge in [0.05, 0.1) is 18.5 Å². The molecule has 1 saturated carbocycles. The van der Waals surface area contributed by atoms with E-state index >= 15 is 0 Å². The third-order valence-corrected chi connectivity index (χ3v) is 8.61. The van der Waals surface area contributed by atoms with Gasteiger partial charge in [0.2, 0.25) is 0 Å². The highest BCUT2D eigenvalue weighted by molar-refractivity contribution is 6.29. The summed E-state index contributed by atoms with van der Waals surface area (Å²) in [7, 11) is 0. The number of nitrogens with zero attached hydrogens (tertiary/aromatic N) is 3. The van der Waals surface area contributed by atoms with Crippen molar-refractivity contribution in [2.45, 2.75) is 63.9 Å². The topological polar surface area (TPSA) is 81.2 Å². The zero-order valence-electron chi connectivity index (χ0n) is 19.7. The molecule has 4 heterocycles. The van der Waals surface area contributed by atoms with Crippen molar-refractivity contribution in [3.63, 3.8) is 0 Å². The van der Waals surface area contributed by atoms with Crippen molar-refractivity contribution in [2.75, 3.05) is 31.5 Å². The Morgan fingerprint density at radius 2 is 1.88 bits per heavy atom. The second-order valence-corrected chi connectivity index (χ2v) is 10.9. The molecule has 5 aliphatic rings. The van der Waals surface area contributed by atoms with Gasteiger partial charge in [-0.1, -0.05) is 55.5 Å². The molecule has 182 valence electrons. The highest BCUT2D eigenvalue weighted by Crippen LogP contribution is 2.46. The Kier molecular flexibility index (Phi) is 6.76. The van der Waals surface area contributed by atoms with Crippen molar-refractivity contribution in [3.8, 4) is 0 Å². The van der Waals surface area contributed by atoms with Gasteiger partial charge in [0.15, 0.2) is 23.6 Å². The molecule has 7 nitrogen and oxygen atoms in total. The molecule has 0 spiro atoms. The molecule has 1 aromatic rings. The molecule has 34 heavy (non-hydrogen) atoms. The largest absolute Gasteiger partial charge is 0.455 e. The molecule has 1 atom stereocenters. The molecule has 2 bridgehead atoms. The fourth-order valence-corrected chi connectivity index (χ4v) is 6.59. The zero-order chi connectivity index (χ0) is 23.6. The van der Waals surface area contributed by atoms with Crippen molar-refractivity contribution in [1.29, 1.82) is 0 Å². The number of carbonyl (C=O) groups excluding carboxylic acids is 2. The third-order valence-electron chi connectivity index (χ3n) is 8.41. The minimum absolute atomic E-state index is 0.0258. The molecular formula is C26H34ClN4O3+. The first-order valence-electron chi connectivity index (χ1n) is 12.7. The number of quaternary nitrogens is 1. The SMILES string of the molecule is O=C(C[N+]12CCC(CC1)[C@@H](OC(=O)C1(C3=CC=CC3)CCCCCC1)C2)Nc1ccc(Cl)nn1. The number of piperidine rings is 3. The fraction of sp³-hybridized carbons (Fsp3) is 0.615. The average Bonchev–Trinajstić information content (AvgIpc) is 3.26. The summed E-state index contributed by atoms with van der Waals surface area (Å²) >= 11 is 5.79. The maximum absolute atomic E-state index is 13.8. The number of ether oxygens (including phenoxy) is 1. The molecule has 0 radical (unpaired) electrons. The van der Waals surface area contributed by atoms with E-state index in [1.54, 1.807) is 12.1 Å². The van der Waals surface area contributed by atoms with Crippen molar-refractivity contribution >= 4 is 29.3 Å². The first kappa shape index (κ1) is 23.5. The summed E-state index contributed by atoms with van der Waals surface area (Å²) in [5.74, 6) is 0.676. The molecule has 0 unspecified atom stereocenters. The minimum Gasteiger partial charge on any atom is -0.455 e. The standard InChI is InChI=1S/C26H33ClN4O3/c27-22-9-10-23(30-29-22)28-24(32)18-31-15-11-19(12-16-31)21(17-31)34-25(33)26(20-7-3-4-8-20)13-5-1-2-6-14-26/h3-4,7,9-10,19,21H,1-2,5-6,8,11-18H2/p+1/t19?,21-,31?/m0/s1. The molecule has 3 saturated heterocycles. The van der Waals surface area contributed by atoms with Gasteiger partial charge in [0, 0.05) is 18.8 Å². The lowest BCUT2D eigenvalue weighted by atomic mass is 9.73. The fourth-order valence-electron chi connectivity index (χ4n) is 6.49. The van der Waals surface area contributed by atoms with Gasteiger partial charge in [0.25, 0.3) is 5.91 Å². The van der Waals surface area contributed by atoms with Crippen LogP contribution in [0.25, 0.3) is 0 Å². The summed E-state index contributed by atoms with van der Waals surface area (Å²) in [5, 5.41) is 10.8. The summed E-state index contributed by atoms with van der Waals surface area (Å²) in [6.07, 6.45) is 15.4. The molecule has 2 aliphatic carbocycles. The first-order chi connectivity index (χ1) is 16.5. The van der Waals surface area contributed by atoms with E-state index in [2.05, 4.69) is 33.7 Å². The quantitative estimate of drug-likeness (QED) is 0.366. The Balaban J connectivity index is 1.26. The number of carbonyl (C=O) groups is 2. The van der Waals surface area contributed by atoms with Crippen LogP contribution in [0.1, 0.15) is 57.8 Å². The van der Waals surface area contributed by atoms with E-state index in [-0.39, 0.29) is 18.0 Å². The normalized spacial score (nSPS) is 29.9. The molecule has 4 fully saturated rings. The van der Waals surface area contributed by atoms with Crippen molar-refractivity contribution in [2.24, 2.45) is 11.3 Å². The minimum atomic E-state index is -0.471. The lowest BCUT2D eigenvalue weighted by Gasteiger charge is -2.52. The highest BCUT2D eigenvalue weighted by Gasteiger charge is 2.51. The molecule has 1 aromatic heterocycles. The van der Waals surface area contributed by atoms with Crippen LogP contribution >= 0.6 is 11.6 Å². The number of hydrogen-bond donors (Lipinski definition) is 1. The smallest absolute Gasteiger partial charge is 0.316 e. The Labute approximate surface area is 206 Å². The van der Waals surface area contributed by atoms with Crippen molar-refractivity contribution < 1.29 is 18.8 Å². The number of anilines is 1. The van der Waals surface area contributed by atoms with Crippen LogP contribution in [0.15, 0.2) is 35.9 Å². The second kappa shape index (κ2) is 9.78. The van der Waals surface area contributed by atoms with E-state index in [0.29, 0.717) is 34.5 Å². The Hall–Kier alpha value is -2.25. The Bertz CT molecular complexity index is 974. The van der Waals surface area contributed by atoms with Gasteiger partial charge in [-0.15, -0.1) is 10.2 Å². The molecule has 3 aliphatic heterocycles. The van der Waals surface area contributed by atoms with Gasteiger partial charge >= 0.3 is 5.97 Å². The first-order valence-corrected chi connectivity index (χ1v) is 13.1. The summed E-state index contributed by atoms with van der Waals surface area (Å²) in [6.45, 7) is 2.95. The number of halogens is 1. The van der Waals surface area contributed by atoms with Crippen LogP contribution in [0.4, 0.5) is 5.82 Å². The maximum atomic E-state index is 13.8. The monoisotopic (exact) mass is 485 g/mol. The molecule has 0 aromatic carbocycles. The van der Waals surface area contributed by atoms with Crippen LogP contribution in [0.3, 0.4) is 0 Å². The van der Waals surface area contributed by atoms with Crippen LogP contribution in [-0.4, -0.2) is 58.8 Å². The average molecular weight is 486 g/mol. The van der Waals surface area contributed by atoms with Crippen molar-refractivity contribution in [3.05, 3.63) is 41.1 Å². The lowest BCUT2D eigenvalue weighted by Crippen LogP contribution is -2.66. The number of aromatic nitrogens is 2. The number of esters is 1. The van der Waals surface area contributed by atoms with Gasteiger partial charge in [-0.3, -0.25) is 9.59 Å².